The molecule has 8 heteroatoms. The van der Waals surface area contributed by atoms with Gasteiger partial charge in [0.2, 0.25) is 0 Å². The molecule has 0 aromatic heterocycles. The second kappa shape index (κ2) is 6.78. The summed E-state index contributed by atoms with van der Waals surface area (Å²) in [5.74, 6) is -0.312. The molecule has 0 saturated heterocycles. The van der Waals surface area contributed by atoms with Crippen LogP contribution in [0.15, 0.2) is 41.3 Å². The molecule has 0 amide bonds. The van der Waals surface area contributed by atoms with E-state index in [-0.39, 0.29) is 32.2 Å². The molecular weight excluding hydrogens is 363 g/mol. The van der Waals surface area contributed by atoms with E-state index in [9.17, 15) is 13.2 Å². The van der Waals surface area contributed by atoms with Crippen molar-refractivity contribution >= 4 is 39.1 Å². The molecule has 122 valence electrons. The van der Waals surface area contributed by atoms with Crippen molar-refractivity contribution in [1.29, 1.82) is 0 Å². The summed E-state index contributed by atoms with van der Waals surface area (Å²) in [5.41, 5.74) is 0.332. The van der Waals surface area contributed by atoms with E-state index in [2.05, 4.69) is 0 Å². The van der Waals surface area contributed by atoms with Gasteiger partial charge in [0, 0.05) is 5.56 Å². The molecule has 0 fully saturated rings. The minimum absolute atomic E-state index is 0.00539. The first-order valence-corrected chi connectivity index (χ1v) is 8.50. The largest absolute Gasteiger partial charge is 0.494 e. The van der Waals surface area contributed by atoms with Gasteiger partial charge in [-0.15, -0.1) is 0 Å². The van der Waals surface area contributed by atoms with Gasteiger partial charge in [0.1, 0.15) is 15.7 Å². The molecule has 2 rings (SSSR count). The van der Waals surface area contributed by atoms with Gasteiger partial charge in [0.05, 0.1) is 12.1 Å². The molecule has 0 bridgehead atoms. The summed E-state index contributed by atoms with van der Waals surface area (Å²) >= 11 is 11.8. The predicted octanol–water partition coefficient (Wildman–Crippen LogP) is 3.97. The number of methoxy groups -OCH3 is 1. The predicted molar refractivity (Wildman–Crippen MR) is 87.3 cm³/mol. The number of Topliss-reactive ketones (excluding diaryl/α,β-unsaturated/α-hetero) is 1. The van der Waals surface area contributed by atoms with Gasteiger partial charge in [-0.3, -0.25) is 4.79 Å². The maximum absolute atomic E-state index is 12.4. The number of carbonyl (C=O) groups excluding carboxylic acids is 1. The highest BCUT2D eigenvalue weighted by molar-refractivity contribution is 7.87. The normalized spacial score (nSPS) is 11.1. The maximum atomic E-state index is 12.4. The highest BCUT2D eigenvalue weighted by atomic mass is 35.5. The van der Waals surface area contributed by atoms with E-state index in [1.165, 1.54) is 44.4 Å². The molecule has 0 N–H and O–H groups in total. The first kappa shape index (κ1) is 17.6. The van der Waals surface area contributed by atoms with Gasteiger partial charge < -0.3 is 8.92 Å². The van der Waals surface area contributed by atoms with Gasteiger partial charge in [0.15, 0.2) is 11.5 Å². The van der Waals surface area contributed by atoms with Crippen LogP contribution < -0.4 is 8.92 Å². The zero-order chi connectivity index (χ0) is 17.2. The lowest BCUT2D eigenvalue weighted by Gasteiger charge is -2.12. The molecule has 0 aliphatic rings. The van der Waals surface area contributed by atoms with Crippen molar-refractivity contribution in [2.24, 2.45) is 0 Å². The molecule has 0 radical (unpaired) electrons. The molecule has 0 atom stereocenters. The number of hydrogen-bond donors (Lipinski definition) is 0. The Hall–Kier alpha value is -1.76. The molecule has 2 aromatic carbocycles. The van der Waals surface area contributed by atoms with E-state index in [1.54, 1.807) is 6.07 Å². The molecule has 0 aliphatic heterocycles. The van der Waals surface area contributed by atoms with E-state index >= 15 is 0 Å². The summed E-state index contributed by atoms with van der Waals surface area (Å²) in [6.45, 7) is 1.37. The Bertz CT molecular complexity index is 862. The molecule has 0 heterocycles. The van der Waals surface area contributed by atoms with Gasteiger partial charge in [-0.25, -0.2) is 0 Å². The number of benzene rings is 2. The molecule has 0 spiro atoms. The van der Waals surface area contributed by atoms with Crippen LogP contribution in [0.25, 0.3) is 0 Å². The first-order chi connectivity index (χ1) is 10.8. The second-order valence-electron chi connectivity index (χ2n) is 4.51. The van der Waals surface area contributed by atoms with Crippen molar-refractivity contribution in [3.8, 4) is 11.5 Å². The monoisotopic (exact) mass is 374 g/mol. The van der Waals surface area contributed by atoms with Crippen LogP contribution in [0.5, 0.6) is 11.5 Å². The quantitative estimate of drug-likeness (QED) is 0.584. The van der Waals surface area contributed by atoms with Gasteiger partial charge in [0.25, 0.3) is 0 Å². The van der Waals surface area contributed by atoms with Crippen molar-refractivity contribution < 1.29 is 22.1 Å². The summed E-state index contributed by atoms with van der Waals surface area (Å²) in [7, 11) is -2.95. The van der Waals surface area contributed by atoms with Crippen molar-refractivity contribution in [2.75, 3.05) is 7.11 Å². The fourth-order valence-electron chi connectivity index (χ4n) is 1.84. The Kier molecular flexibility index (Phi) is 5.19. The van der Waals surface area contributed by atoms with Gasteiger partial charge in [-0.05, 0) is 31.2 Å². The summed E-state index contributed by atoms with van der Waals surface area (Å²) < 4.78 is 34.9. The Morgan fingerprint density at radius 1 is 1.13 bits per heavy atom. The number of hydrogen-bond acceptors (Lipinski definition) is 5. The third kappa shape index (κ3) is 3.77. The summed E-state index contributed by atoms with van der Waals surface area (Å²) in [6.07, 6.45) is 0. The zero-order valence-corrected chi connectivity index (χ0v) is 14.5. The average Bonchev–Trinajstić information content (AvgIpc) is 2.49. The fourth-order valence-corrected chi connectivity index (χ4v) is 3.38. The van der Waals surface area contributed by atoms with Crippen LogP contribution >= 0.6 is 23.2 Å². The van der Waals surface area contributed by atoms with Crippen LogP contribution in [-0.2, 0) is 10.1 Å². The lowest BCUT2D eigenvalue weighted by molar-refractivity contribution is 0.101. The van der Waals surface area contributed by atoms with E-state index in [1.807, 2.05) is 0 Å². The van der Waals surface area contributed by atoms with Crippen LogP contribution in [-0.4, -0.2) is 21.3 Å². The van der Waals surface area contributed by atoms with Gasteiger partial charge >= 0.3 is 10.1 Å². The Labute approximate surface area is 143 Å². The number of ether oxygens (including phenoxy) is 1. The highest BCUT2D eigenvalue weighted by Gasteiger charge is 2.25. The standard InChI is InChI=1S/C15H12Cl2O5S/c1-9(18)10-4-3-5-11(8-10)22-23(19,20)13-7-6-12(16)14(17)15(13)21-2/h3-8H,1-2H3. The zero-order valence-electron chi connectivity index (χ0n) is 12.2. The minimum Gasteiger partial charge on any atom is -0.494 e. The number of halogens is 2. The van der Waals surface area contributed by atoms with Crippen molar-refractivity contribution in [3.63, 3.8) is 0 Å². The lowest BCUT2D eigenvalue weighted by atomic mass is 10.1. The van der Waals surface area contributed by atoms with E-state index < -0.39 is 10.1 Å². The second-order valence-corrected chi connectivity index (χ2v) is 6.81. The first-order valence-electron chi connectivity index (χ1n) is 6.33. The minimum atomic E-state index is -4.22. The molecule has 23 heavy (non-hydrogen) atoms. The highest BCUT2D eigenvalue weighted by Crippen LogP contribution is 2.38. The van der Waals surface area contributed by atoms with E-state index in [0.717, 1.165) is 0 Å². The number of carbonyl (C=O) groups is 1. The van der Waals surface area contributed by atoms with Crippen molar-refractivity contribution in [3.05, 3.63) is 52.0 Å². The third-order valence-corrected chi connectivity index (χ3v) is 4.99. The van der Waals surface area contributed by atoms with Crippen molar-refractivity contribution in [1.82, 2.24) is 0 Å². The fraction of sp³-hybridized carbons (Fsp3) is 0.133. The van der Waals surface area contributed by atoms with Crippen LogP contribution in [0.3, 0.4) is 0 Å². The lowest BCUT2D eigenvalue weighted by Crippen LogP contribution is -2.12. The topological polar surface area (TPSA) is 69.7 Å². The molecule has 0 aliphatic carbocycles. The van der Waals surface area contributed by atoms with Gasteiger partial charge in [-0.2, -0.15) is 8.42 Å². The summed E-state index contributed by atoms with van der Waals surface area (Å²) in [6, 6.07) is 8.40. The van der Waals surface area contributed by atoms with E-state index in [4.69, 9.17) is 32.1 Å². The van der Waals surface area contributed by atoms with Crippen LogP contribution in [0, 0.1) is 0 Å². The maximum Gasteiger partial charge on any atom is 0.342 e. The van der Waals surface area contributed by atoms with Crippen LogP contribution in [0.1, 0.15) is 17.3 Å². The van der Waals surface area contributed by atoms with Gasteiger partial charge in [-0.1, -0.05) is 35.3 Å². The summed E-state index contributed by atoms with van der Waals surface area (Å²) in [5, 5.41) is 0.123. The smallest absolute Gasteiger partial charge is 0.342 e. The molecule has 5 nitrogen and oxygen atoms in total. The molecule has 0 unspecified atom stereocenters. The molecular formula is C15H12Cl2O5S. The Balaban J connectivity index is 2.46. The molecule has 2 aromatic rings. The van der Waals surface area contributed by atoms with Crippen molar-refractivity contribution in [2.45, 2.75) is 11.8 Å². The molecule has 0 saturated carbocycles. The third-order valence-electron chi connectivity index (χ3n) is 2.93. The Morgan fingerprint density at radius 3 is 2.43 bits per heavy atom. The van der Waals surface area contributed by atoms with E-state index in [0.29, 0.717) is 5.56 Å². The summed E-state index contributed by atoms with van der Waals surface area (Å²) in [4.78, 5) is 11.1. The van der Waals surface area contributed by atoms with Crippen LogP contribution in [0.2, 0.25) is 10.0 Å². The van der Waals surface area contributed by atoms with Crippen LogP contribution in [0.4, 0.5) is 0 Å². The average molecular weight is 375 g/mol. The number of ketones is 1. The SMILES string of the molecule is COc1c(S(=O)(=O)Oc2cccc(C(C)=O)c2)ccc(Cl)c1Cl. The Morgan fingerprint density at radius 2 is 1.83 bits per heavy atom. The number of rotatable bonds is 5.